The molecule has 0 aliphatic heterocycles. The lowest BCUT2D eigenvalue weighted by Crippen LogP contribution is -2.52. The molecule has 0 amide bonds. The molecule has 5 aromatic rings. The number of alkyl halides is 6. The summed E-state index contributed by atoms with van der Waals surface area (Å²) in [6, 6.07) is 28.7. The first-order chi connectivity index (χ1) is 18.1. The highest BCUT2D eigenvalue weighted by atomic mass is 19.4. The Hall–Kier alpha value is -3.75. The Morgan fingerprint density at radius 1 is 0.395 bits per heavy atom. The van der Waals surface area contributed by atoms with Crippen LogP contribution < -0.4 is 21.9 Å². The molecule has 0 spiro atoms. The summed E-state index contributed by atoms with van der Waals surface area (Å²) in [4.78, 5) is 0. The highest BCUT2D eigenvalue weighted by Crippen LogP contribution is 2.26. The van der Waals surface area contributed by atoms with Crippen molar-refractivity contribution in [2.24, 2.45) is 0 Å². The van der Waals surface area contributed by atoms with E-state index < -0.39 is 26.6 Å². The highest BCUT2D eigenvalue weighted by molar-refractivity contribution is 6.88. The molecule has 0 N–H and O–H groups in total. The van der Waals surface area contributed by atoms with Crippen molar-refractivity contribution >= 4 is 57.2 Å². The monoisotopic (exact) mass is 522 g/mol. The van der Waals surface area contributed by atoms with Crippen LogP contribution in [0.3, 0.4) is 0 Å². The van der Waals surface area contributed by atoms with E-state index in [-0.39, 0.29) is 21.9 Å². The molecule has 0 unspecified atom stereocenters. The summed E-state index contributed by atoms with van der Waals surface area (Å²) in [5.41, 5.74) is 0.891. The summed E-state index contributed by atoms with van der Waals surface area (Å²) in [5, 5.41) is 1.30. The van der Waals surface area contributed by atoms with Gasteiger partial charge < -0.3 is 9.31 Å². The molecule has 5 rings (SSSR count). The second-order valence-electron chi connectivity index (χ2n) is 8.63. The smallest absolute Gasteiger partial charge is 0.344 e. The van der Waals surface area contributed by atoms with Crippen LogP contribution in [0.4, 0.5) is 26.3 Å². The number of benzene rings is 5. The Bertz CT molecular complexity index is 1380. The number of rotatable bonds is 6. The molecule has 0 saturated carbocycles. The van der Waals surface area contributed by atoms with Crippen LogP contribution >= 0.6 is 0 Å². The van der Waals surface area contributed by atoms with Gasteiger partial charge in [0.1, 0.15) is 0 Å². The average molecular weight is 522 g/mol. The van der Waals surface area contributed by atoms with Gasteiger partial charge in [0.05, 0.1) is 0 Å². The van der Waals surface area contributed by atoms with Crippen molar-refractivity contribution in [1.82, 2.24) is 0 Å². The first kappa shape index (κ1) is 25.9. The zero-order chi connectivity index (χ0) is 26.9. The lowest BCUT2D eigenvalue weighted by molar-refractivity contribution is -0.278. The topological polar surface area (TPSA) is 18.5 Å². The fourth-order valence-electron chi connectivity index (χ4n) is 4.87. The van der Waals surface area contributed by atoms with E-state index in [1.165, 1.54) is 24.3 Å². The minimum atomic E-state index is -4.98. The van der Waals surface area contributed by atoms with Gasteiger partial charge in [-0.15, -0.1) is 26.3 Å². The van der Waals surface area contributed by atoms with Gasteiger partial charge >= 0.3 is 26.6 Å². The van der Waals surface area contributed by atoms with E-state index in [0.717, 1.165) is 0 Å². The second kappa shape index (κ2) is 10.2. The van der Waals surface area contributed by atoms with Crippen LogP contribution in [0.25, 0.3) is 21.5 Å². The molecule has 38 heavy (non-hydrogen) atoms. The Kier molecular flexibility index (Phi) is 6.94. The van der Waals surface area contributed by atoms with Crippen LogP contribution in [0.1, 0.15) is 0 Å². The summed E-state index contributed by atoms with van der Waals surface area (Å²) in [5.74, 6) is 0. The first-order valence-electron chi connectivity index (χ1n) is 11.6. The summed E-state index contributed by atoms with van der Waals surface area (Å²) in [6.07, 6.45) is -9.96. The zero-order valence-corrected chi connectivity index (χ0v) is 19.6. The van der Waals surface area contributed by atoms with Crippen LogP contribution in [-0.2, 0) is 9.31 Å². The molecule has 10 heteroatoms. The van der Waals surface area contributed by atoms with Crippen molar-refractivity contribution in [2.75, 3.05) is 0 Å². The van der Waals surface area contributed by atoms with Gasteiger partial charge in [0.2, 0.25) is 0 Å². The minimum absolute atomic E-state index is 0.197. The molecular formula is C28H18B2F6O2. The van der Waals surface area contributed by atoms with Gasteiger partial charge in [0.25, 0.3) is 0 Å². The second-order valence-corrected chi connectivity index (χ2v) is 8.63. The number of hydrogen-bond acceptors (Lipinski definition) is 2. The third-order valence-electron chi connectivity index (χ3n) is 6.25. The van der Waals surface area contributed by atoms with Crippen LogP contribution in [0, 0.1) is 0 Å². The van der Waals surface area contributed by atoms with Gasteiger partial charge in [-0.1, -0.05) is 109 Å². The fraction of sp³-hybridized carbons (Fsp3) is 0.0714. The third-order valence-corrected chi connectivity index (χ3v) is 6.25. The molecule has 0 aliphatic carbocycles. The Morgan fingerprint density at radius 2 is 0.658 bits per heavy atom. The molecular weight excluding hydrogens is 504 g/mol. The molecule has 0 aromatic heterocycles. The lowest BCUT2D eigenvalue weighted by Gasteiger charge is -2.25. The molecule has 0 aliphatic rings. The predicted molar refractivity (Wildman–Crippen MR) is 139 cm³/mol. The molecule has 0 bridgehead atoms. The van der Waals surface area contributed by atoms with Crippen LogP contribution in [-0.4, -0.2) is 26.6 Å². The van der Waals surface area contributed by atoms with Gasteiger partial charge in [-0.3, -0.25) is 0 Å². The highest BCUT2D eigenvalue weighted by Gasteiger charge is 2.42. The molecule has 0 radical (unpaired) electrons. The van der Waals surface area contributed by atoms with Crippen molar-refractivity contribution in [2.45, 2.75) is 12.7 Å². The predicted octanol–water partition coefficient (Wildman–Crippen LogP) is 5.28. The van der Waals surface area contributed by atoms with Gasteiger partial charge in [-0.25, -0.2) is 0 Å². The van der Waals surface area contributed by atoms with Gasteiger partial charge in [0, 0.05) is 0 Å². The van der Waals surface area contributed by atoms with Crippen molar-refractivity contribution in [3.05, 3.63) is 109 Å². The Balaban J connectivity index is 1.88. The largest absolute Gasteiger partial charge is 0.509 e. The van der Waals surface area contributed by atoms with E-state index in [9.17, 15) is 26.3 Å². The molecule has 0 atom stereocenters. The molecule has 0 saturated heterocycles. The molecule has 0 fully saturated rings. The van der Waals surface area contributed by atoms with E-state index in [4.69, 9.17) is 0 Å². The first-order valence-corrected chi connectivity index (χ1v) is 11.6. The van der Waals surface area contributed by atoms with Gasteiger partial charge in [0.15, 0.2) is 0 Å². The van der Waals surface area contributed by atoms with E-state index in [0.29, 0.717) is 21.5 Å². The van der Waals surface area contributed by atoms with E-state index in [2.05, 4.69) is 9.31 Å². The van der Waals surface area contributed by atoms with Crippen molar-refractivity contribution in [3.8, 4) is 0 Å². The van der Waals surface area contributed by atoms with Crippen molar-refractivity contribution < 1.29 is 35.7 Å². The molecule has 0 heterocycles. The van der Waals surface area contributed by atoms with E-state index in [1.54, 1.807) is 84.9 Å². The quantitative estimate of drug-likeness (QED) is 0.172. The number of fused-ring (bicyclic) bond motifs is 2. The Morgan fingerprint density at radius 3 is 0.921 bits per heavy atom. The fourth-order valence-corrected chi connectivity index (χ4v) is 4.87. The number of halogens is 6. The lowest BCUT2D eigenvalue weighted by atomic mass is 9.49. The van der Waals surface area contributed by atoms with Crippen LogP contribution in [0.5, 0.6) is 0 Å². The summed E-state index contributed by atoms with van der Waals surface area (Å²) >= 11 is 0. The van der Waals surface area contributed by atoms with Gasteiger partial charge in [-0.05, 0) is 43.4 Å². The normalized spacial score (nSPS) is 12.2. The van der Waals surface area contributed by atoms with E-state index in [1.807, 2.05) is 0 Å². The average Bonchev–Trinajstić information content (AvgIpc) is 2.89. The summed E-state index contributed by atoms with van der Waals surface area (Å²) in [6.45, 7) is -3.14. The minimum Gasteiger partial charge on any atom is -0.344 e. The van der Waals surface area contributed by atoms with Crippen molar-refractivity contribution in [1.29, 1.82) is 0 Å². The third kappa shape index (κ3) is 5.42. The summed E-state index contributed by atoms with van der Waals surface area (Å²) < 4.78 is 91.7. The van der Waals surface area contributed by atoms with Crippen molar-refractivity contribution in [3.63, 3.8) is 0 Å². The summed E-state index contributed by atoms with van der Waals surface area (Å²) in [7, 11) is 0. The van der Waals surface area contributed by atoms with Gasteiger partial charge in [-0.2, -0.15) is 0 Å². The molecule has 5 aromatic carbocycles. The number of hydrogen-bond donors (Lipinski definition) is 0. The maximum absolute atomic E-state index is 13.7. The Labute approximate surface area is 215 Å². The van der Waals surface area contributed by atoms with Crippen LogP contribution in [0.15, 0.2) is 109 Å². The SMILES string of the molecule is FC(F)(F)OB(c1ccccc1)c1c2ccccc2c(B(OC(F)(F)F)c2ccccc2)c2ccccc12. The molecule has 2 nitrogen and oxygen atoms in total. The maximum atomic E-state index is 13.7. The molecule has 190 valence electrons. The zero-order valence-electron chi connectivity index (χ0n) is 19.6. The van der Waals surface area contributed by atoms with E-state index >= 15 is 0 Å². The van der Waals surface area contributed by atoms with Crippen LogP contribution in [0.2, 0.25) is 0 Å². The maximum Gasteiger partial charge on any atom is 0.509 e. The standard InChI is InChI=1S/C28H18B2F6O2/c31-27(32,33)37-29(19-11-3-1-4-12-19)25-21-15-7-9-17-23(21)26(24-18-10-8-16-22(24)25)30(38-28(34,35)36)20-13-5-2-6-14-20/h1-18H.